The van der Waals surface area contributed by atoms with E-state index in [1.165, 1.54) is 0 Å². The second-order valence-corrected chi connectivity index (χ2v) is 11.1. The zero-order valence-electron chi connectivity index (χ0n) is 21.0. The van der Waals surface area contributed by atoms with Crippen LogP contribution in [0.5, 0.6) is 5.88 Å². The second-order valence-electron chi connectivity index (χ2n) is 9.85. The normalized spacial score (nSPS) is 23.4. The summed E-state index contributed by atoms with van der Waals surface area (Å²) in [7, 11) is 0. The SMILES string of the molecule is Cc1sc2cc(C(N)=O)c(OC3CCC(NC(=O)C4=NNC(=NCC(C)C)C4C)CC3)nc2c1C. The Balaban J connectivity index is 1.35. The van der Waals surface area contributed by atoms with Crippen molar-refractivity contribution in [3.63, 3.8) is 0 Å². The smallest absolute Gasteiger partial charge is 0.268 e. The predicted octanol–water partition coefficient (Wildman–Crippen LogP) is 3.47. The van der Waals surface area contributed by atoms with Crippen molar-refractivity contribution in [1.29, 1.82) is 0 Å². The van der Waals surface area contributed by atoms with E-state index in [0.717, 1.165) is 52.2 Å². The van der Waals surface area contributed by atoms with Crippen LogP contribution in [-0.4, -0.2) is 47.0 Å². The number of aryl methyl sites for hydroxylation is 2. The largest absolute Gasteiger partial charge is 0.474 e. The number of hydrogen-bond acceptors (Lipinski definition) is 7. The van der Waals surface area contributed by atoms with E-state index < -0.39 is 5.91 Å². The van der Waals surface area contributed by atoms with Crippen molar-refractivity contribution < 1.29 is 14.3 Å². The molecule has 2 aliphatic rings. The highest BCUT2D eigenvalue weighted by molar-refractivity contribution is 7.19. The fourth-order valence-electron chi connectivity index (χ4n) is 4.38. The van der Waals surface area contributed by atoms with Crippen LogP contribution >= 0.6 is 11.3 Å². The minimum absolute atomic E-state index is 0.0433. The molecule has 1 unspecified atom stereocenters. The van der Waals surface area contributed by atoms with Gasteiger partial charge in [-0.3, -0.25) is 20.0 Å². The molecule has 2 aromatic rings. The number of nitrogens with one attached hydrogen (secondary N) is 2. The fourth-order valence-corrected chi connectivity index (χ4v) is 5.43. The third-order valence-electron chi connectivity index (χ3n) is 6.62. The standard InChI is InChI=1S/C25H34N6O3S/c1-12(2)11-27-23-14(4)21(30-31-23)24(33)28-16-6-8-17(9-7-16)34-25-18(22(26)32)10-19-20(29-25)13(3)15(5)35-19/h10,12,14,16-17H,6-9,11H2,1-5H3,(H2,26,32)(H,27,31)(H,28,33). The zero-order valence-corrected chi connectivity index (χ0v) is 21.8. The molecule has 0 bridgehead atoms. The van der Waals surface area contributed by atoms with Gasteiger partial charge in [-0.05, 0) is 64.0 Å². The first-order valence-electron chi connectivity index (χ1n) is 12.2. The topological polar surface area (TPSA) is 131 Å². The number of hydrazone groups is 1. The molecular weight excluding hydrogens is 464 g/mol. The summed E-state index contributed by atoms with van der Waals surface area (Å²) < 4.78 is 7.11. The Kier molecular flexibility index (Phi) is 7.39. The highest BCUT2D eigenvalue weighted by Gasteiger charge is 2.32. The number of nitrogens with two attached hydrogens (primary N) is 1. The van der Waals surface area contributed by atoms with Crippen LogP contribution in [0.15, 0.2) is 16.2 Å². The van der Waals surface area contributed by atoms with Gasteiger partial charge < -0.3 is 15.8 Å². The molecule has 35 heavy (non-hydrogen) atoms. The summed E-state index contributed by atoms with van der Waals surface area (Å²) in [5.41, 5.74) is 11.3. The molecule has 1 aliphatic heterocycles. The Morgan fingerprint density at radius 2 is 2.00 bits per heavy atom. The van der Waals surface area contributed by atoms with E-state index in [1.807, 2.05) is 20.8 Å². The first-order valence-corrected chi connectivity index (χ1v) is 13.0. The average molecular weight is 499 g/mol. The zero-order chi connectivity index (χ0) is 25.3. The van der Waals surface area contributed by atoms with Gasteiger partial charge in [-0.15, -0.1) is 11.3 Å². The number of hydrogen-bond donors (Lipinski definition) is 3. The maximum absolute atomic E-state index is 12.8. The molecule has 1 aliphatic carbocycles. The highest BCUT2D eigenvalue weighted by Crippen LogP contribution is 2.34. The lowest BCUT2D eigenvalue weighted by Crippen LogP contribution is -2.44. The number of primary amides is 1. The number of carbonyl (C=O) groups is 2. The number of aromatic nitrogens is 1. The minimum Gasteiger partial charge on any atom is -0.474 e. The van der Waals surface area contributed by atoms with Gasteiger partial charge in [0.15, 0.2) is 0 Å². The Labute approximate surface area is 209 Å². The molecule has 0 radical (unpaired) electrons. The van der Waals surface area contributed by atoms with E-state index in [9.17, 15) is 9.59 Å². The van der Waals surface area contributed by atoms with E-state index in [2.05, 4.69) is 39.7 Å². The van der Waals surface area contributed by atoms with E-state index in [1.54, 1.807) is 17.4 Å². The van der Waals surface area contributed by atoms with Crippen molar-refractivity contribution in [2.45, 2.75) is 72.4 Å². The lowest BCUT2D eigenvalue weighted by molar-refractivity contribution is -0.116. The number of fused-ring (bicyclic) bond motifs is 1. The second kappa shape index (κ2) is 10.3. The number of ether oxygens (including phenoxy) is 1. The number of amidine groups is 1. The van der Waals surface area contributed by atoms with Crippen LogP contribution in [0.25, 0.3) is 10.2 Å². The summed E-state index contributed by atoms with van der Waals surface area (Å²) in [4.78, 5) is 35.2. The molecule has 4 rings (SSSR count). The Morgan fingerprint density at radius 1 is 1.29 bits per heavy atom. The Bertz CT molecular complexity index is 1190. The maximum Gasteiger partial charge on any atom is 0.268 e. The number of pyridine rings is 1. The van der Waals surface area contributed by atoms with E-state index in [0.29, 0.717) is 29.6 Å². The first kappa shape index (κ1) is 25.1. The molecule has 1 saturated carbocycles. The van der Waals surface area contributed by atoms with Crippen molar-refractivity contribution in [2.24, 2.45) is 27.7 Å². The molecule has 0 saturated heterocycles. The van der Waals surface area contributed by atoms with Crippen LogP contribution < -0.4 is 21.2 Å². The Morgan fingerprint density at radius 3 is 2.66 bits per heavy atom. The van der Waals surface area contributed by atoms with Crippen LogP contribution in [0.3, 0.4) is 0 Å². The molecule has 0 spiro atoms. The van der Waals surface area contributed by atoms with Crippen LogP contribution in [0.1, 0.15) is 67.3 Å². The van der Waals surface area contributed by atoms with Gasteiger partial charge in [0.05, 0.1) is 16.1 Å². The monoisotopic (exact) mass is 498 g/mol. The molecule has 9 nitrogen and oxygen atoms in total. The third-order valence-corrected chi connectivity index (χ3v) is 7.77. The average Bonchev–Trinajstić information content (AvgIpc) is 3.31. The number of nitrogens with zero attached hydrogens (tertiary/aromatic N) is 3. The molecule has 1 atom stereocenters. The molecule has 2 aromatic heterocycles. The van der Waals surface area contributed by atoms with Gasteiger partial charge in [0.2, 0.25) is 5.88 Å². The van der Waals surface area contributed by atoms with Crippen LogP contribution in [-0.2, 0) is 4.79 Å². The predicted molar refractivity (Wildman–Crippen MR) is 139 cm³/mol. The summed E-state index contributed by atoms with van der Waals surface area (Å²) >= 11 is 1.60. The van der Waals surface area contributed by atoms with Gasteiger partial charge in [-0.1, -0.05) is 13.8 Å². The quantitative estimate of drug-likeness (QED) is 0.538. The number of amides is 2. The lowest BCUT2D eigenvalue weighted by Gasteiger charge is -2.29. The highest BCUT2D eigenvalue weighted by atomic mass is 32.1. The molecule has 188 valence electrons. The molecule has 3 heterocycles. The van der Waals surface area contributed by atoms with E-state index in [-0.39, 0.29) is 24.0 Å². The third kappa shape index (κ3) is 5.47. The lowest BCUT2D eigenvalue weighted by atomic mass is 9.92. The summed E-state index contributed by atoms with van der Waals surface area (Å²) in [5.74, 6) is 0.636. The Hall–Kier alpha value is -3.01. The molecule has 0 aromatic carbocycles. The van der Waals surface area contributed by atoms with Gasteiger partial charge in [0.1, 0.15) is 23.2 Å². The summed E-state index contributed by atoms with van der Waals surface area (Å²) in [6, 6.07) is 1.83. The maximum atomic E-state index is 12.8. The van der Waals surface area contributed by atoms with Crippen molar-refractivity contribution in [3.8, 4) is 5.88 Å². The number of aliphatic imine (C=N–C) groups is 1. The van der Waals surface area contributed by atoms with Crippen LogP contribution in [0, 0.1) is 25.7 Å². The van der Waals surface area contributed by atoms with Crippen LogP contribution in [0.2, 0.25) is 0 Å². The van der Waals surface area contributed by atoms with Crippen LogP contribution in [0.4, 0.5) is 0 Å². The molecule has 2 amide bonds. The van der Waals surface area contributed by atoms with Crippen molar-refractivity contribution in [1.82, 2.24) is 15.7 Å². The number of rotatable bonds is 7. The van der Waals surface area contributed by atoms with Gasteiger partial charge in [0.25, 0.3) is 11.8 Å². The summed E-state index contributed by atoms with van der Waals surface area (Å²) in [5, 5.41) is 7.34. The molecule has 10 heteroatoms. The minimum atomic E-state index is -0.546. The van der Waals surface area contributed by atoms with Gasteiger partial charge >= 0.3 is 0 Å². The number of thiophene rings is 1. The van der Waals surface area contributed by atoms with E-state index in [4.69, 9.17) is 10.5 Å². The first-order chi connectivity index (χ1) is 16.6. The van der Waals surface area contributed by atoms with Crippen molar-refractivity contribution >= 4 is 44.9 Å². The van der Waals surface area contributed by atoms with Crippen molar-refractivity contribution in [2.75, 3.05) is 6.54 Å². The van der Waals surface area contributed by atoms with Crippen molar-refractivity contribution in [3.05, 3.63) is 22.1 Å². The van der Waals surface area contributed by atoms with Gasteiger partial charge in [0, 0.05) is 17.5 Å². The molecular formula is C25H34N6O3S. The molecule has 1 fully saturated rings. The van der Waals surface area contributed by atoms with Gasteiger partial charge in [-0.25, -0.2) is 4.98 Å². The fraction of sp³-hybridized carbons (Fsp3) is 0.560. The summed E-state index contributed by atoms with van der Waals surface area (Å²) in [6.07, 6.45) is 2.93. The number of carbonyl (C=O) groups excluding carboxylic acids is 2. The molecule has 4 N–H and O–H groups in total. The summed E-state index contributed by atoms with van der Waals surface area (Å²) in [6.45, 7) is 10.9. The van der Waals surface area contributed by atoms with E-state index >= 15 is 0 Å². The van der Waals surface area contributed by atoms with Gasteiger partial charge in [-0.2, -0.15) is 5.10 Å².